The van der Waals surface area contributed by atoms with Crippen molar-refractivity contribution >= 4 is 33.6 Å². The molecular formula is C93H166O16P2. The van der Waals surface area contributed by atoms with Gasteiger partial charge >= 0.3 is 33.6 Å². The first-order valence-corrected chi connectivity index (χ1v) is 48.2. The van der Waals surface area contributed by atoms with Crippen molar-refractivity contribution in [2.24, 2.45) is 0 Å². The van der Waals surface area contributed by atoms with Gasteiger partial charge in [-0.2, -0.15) is 0 Å². The monoisotopic (exact) mass is 1600 g/mol. The number of hydrogen-bond donors (Lipinski definition) is 4. The summed E-state index contributed by atoms with van der Waals surface area (Å²) in [6, 6.07) is 0. The fraction of sp³-hybridized carbons (Fsp3) is 0.774. The lowest BCUT2D eigenvalue weighted by atomic mass is 10.0. The summed E-state index contributed by atoms with van der Waals surface area (Å²) in [5.74, 6) is -1.55. The van der Waals surface area contributed by atoms with Gasteiger partial charge in [0.1, 0.15) is 25.4 Å². The van der Waals surface area contributed by atoms with Crippen molar-refractivity contribution in [2.75, 3.05) is 39.6 Å². The zero-order valence-corrected chi connectivity index (χ0v) is 72.7. The number of aliphatic hydroxyl groups is 2. The third kappa shape index (κ3) is 86.9. The Balaban J connectivity index is 4.39. The second-order valence-corrected chi connectivity index (χ2v) is 33.3. The highest BCUT2D eigenvalue weighted by molar-refractivity contribution is 7.47. The van der Waals surface area contributed by atoms with Crippen LogP contribution in [0.15, 0.2) is 109 Å². The molecule has 0 heterocycles. The summed E-state index contributed by atoms with van der Waals surface area (Å²) in [5.41, 5.74) is 0. The number of ether oxygens (including phenoxy) is 3. The van der Waals surface area contributed by atoms with Gasteiger partial charge in [-0.3, -0.25) is 32.5 Å². The van der Waals surface area contributed by atoms with E-state index in [2.05, 4.69) is 130 Å². The summed E-state index contributed by atoms with van der Waals surface area (Å²) >= 11 is 0. The van der Waals surface area contributed by atoms with Crippen LogP contribution in [0.5, 0.6) is 0 Å². The molecule has 0 spiro atoms. The van der Waals surface area contributed by atoms with E-state index < -0.39 is 91.5 Å². The van der Waals surface area contributed by atoms with Crippen LogP contribution in [0.1, 0.15) is 406 Å². The van der Waals surface area contributed by atoms with E-state index in [0.717, 1.165) is 122 Å². The van der Waals surface area contributed by atoms with E-state index in [-0.39, 0.29) is 19.3 Å². The molecule has 5 atom stereocenters. The van der Waals surface area contributed by atoms with Crippen molar-refractivity contribution in [3.05, 3.63) is 109 Å². The largest absolute Gasteiger partial charge is 0.472 e. The van der Waals surface area contributed by atoms with Gasteiger partial charge in [-0.15, -0.1) is 0 Å². The quantitative estimate of drug-likeness (QED) is 0.0146. The second kappa shape index (κ2) is 85.6. The lowest BCUT2D eigenvalue weighted by molar-refractivity contribution is -0.161. The molecule has 0 aromatic rings. The van der Waals surface area contributed by atoms with E-state index in [1.165, 1.54) is 225 Å². The van der Waals surface area contributed by atoms with Crippen LogP contribution < -0.4 is 0 Å². The predicted molar refractivity (Wildman–Crippen MR) is 464 cm³/mol. The molecule has 4 N–H and O–H groups in total. The summed E-state index contributed by atoms with van der Waals surface area (Å²) in [6.45, 7) is 2.61. The predicted octanol–water partition coefficient (Wildman–Crippen LogP) is 27.4. The molecule has 0 saturated heterocycles. The van der Waals surface area contributed by atoms with Crippen LogP contribution in [0.4, 0.5) is 0 Å². The van der Waals surface area contributed by atoms with Gasteiger partial charge in [-0.1, -0.05) is 387 Å². The Morgan fingerprint density at radius 3 is 0.775 bits per heavy atom. The molecule has 0 fully saturated rings. The van der Waals surface area contributed by atoms with Gasteiger partial charge in [0.05, 0.1) is 26.4 Å². The maximum Gasteiger partial charge on any atom is 0.472 e. The Kier molecular flexibility index (Phi) is 82.7. The molecule has 644 valence electrons. The third-order valence-electron chi connectivity index (χ3n) is 19.5. The molecule has 0 radical (unpaired) electrons. The van der Waals surface area contributed by atoms with E-state index in [1.807, 2.05) is 0 Å². The molecule has 18 heteroatoms. The van der Waals surface area contributed by atoms with E-state index in [1.54, 1.807) is 0 Å². The molecule has 0 amide bonds. The van der Waals surface area contributed by atoms with Crippen LogP contribution in [0.2, 0.25) is 0 Å². The minimum absolute atomic E-state index is 0.109. The Bertz CT molecular complexity index is 2450. The standard InChI is InChI=1S/C93H166O16P2/c1-4-7-10-13-16-19-22-25-27-29-31-33-35-37-39-41-42-43-44-46-48-49-51-53-55-57-59-62-64-67-70-73-76-79-91(96)103-82-88(94)83-105-110(99,100)106-84-89(95)85-107-111(101,102)108-87-90(109-93(98)81-78-75-72-69-66-61-24-21-18-15-12-9-6-3)86-104-92(97)80-77-74-71-68-65-63-60-58-56-54-52-50-47-45-40-38-36-34-32-30-28-26-23-20-17-14-11-8-5-2/h7,10,16-17,19-20,25-28,31-34,37-40,88-90,94-95H,4-6,8-9,11-15,18,21-24,29-30,35-36,41-87H2,1-3H3,(H,99,100)(H,101,102)/b10-7-,19-16-,20-17-,27-25-,28-26-,33-31-,34-32-,39-37-,40-38-. The lowest BCUT2D eigenvalue weighted by Gasteiger charge is -2.21. The van der Waals surface area contributed by atoms with Gasteiger partial charge in [-0.05, 0) is 109 Å². The van der Waals surface area contributed by atoms with Crippen LogP contribution in [0.25, 0.3) is 0 Å². The molecule has 0 aromatic heterocycles. The third-order valence-corrected chi connectivity index (χ3v) is 21.4. The molecule has 0 aliphatic heterocycles. The number of carbonyl (C=O) groups excluding carboxylic acids is 3. The molecule has 111 heavy (non-hydrogen) atoms. The number of allylic oxidation sites excluding steroid dienone is 18. The second-order valence-electron chi connectivity index (χ2n) is 30.4. The summed E-state index contributed by atoms with van der Waals surface area (Å²) in [7, 11) is -9.78. The van der Waals surface area contributed by atoms with Gasteiger partial charge in [0.2, 0.25) is 0 Å². The number of rotatable bonds is 86. The number of aliphatic hydroxyl groups excluding tert-OH is 2. The van der Waals surface area contributed by atoms with Crippen molar-refractivity contribution in [2.45, 2.75) is 424 Å². The molecule has 0 aliphatic carbocycles. The van der Waals surface area contributed by atoms with Gasteiger partial charge in [0.25, 0.3) is 0 Å². The lowest BCUT2D eigenvalue weighted by Crippen LogP contribution is -2.30. The number of phosphoric acid groups is 2. The first-order chi connectivity index (χ1) is 54.2. The smallest absolute Gasteiger partial charge is 0.463 e. The SMILES string of the molecule is CC/C=C\C/C=C\C/C=C\C/C=C\C/C=C\CCCCCCCCCCCCCCCCCCCC(=O)OCC(O)COP(=O)(O)OCC(O)COP(=O)(O)OCC(COC(=O)CCCCCCCCCCCCCCC/C=C\C/C=C\C/C=C\C/C=C\CCCCC)OC(=O)CCCCCCCCCCCCCCC. The van der Waals surface area contributed by atoms with Gasteiger partial charge < -0.3 is 34.2 Å². The van der Waals surface area contributed by atoms with Crippen molar-refractivity contribution in [1.82, 2.24) is 0 Å². The molecular weight excluding hydrogens is 1430 g/mol. The molecule has 0 aromatic carbocycles. The summed E-state index contributed by atoms with van der Waals surface area (Å²) in [4.78, 5) is 58.8. The van der Waals surface area contributed by atoms with E-state index >= 15 is 0 Å². The highest BCUT2D eigenvalue weighted by Crippen LogP contribution is 2.45. The molecule has 0 aliphatic rings. The van der Waals surface area contributed by atoms with Gasteiger partial charge in [0, 0.05) is 19.3 Å². The van der Waals surface area contributed by atoms with Gasteiger partial charge in [-0.25, -0.2) is 9.13 Å². The Labute approximate surface area is 679 Å². The number of esters is 3. The average Bonchev–Trinajstić information content (AvgIpc) is 0.978. The summed E-state index contributed by atoms with van der Waals surface area (Å²) in [6.07, 6.45) is 103. The Hall–Kier alpha value is -3.79. The number of hydrogen-bond acceptors (Lipinski definition) is 14. The molecule has 0 bridgehead atoms. The molecule has 0 saturated carbocycles. The van der Waals surface area contributed by atoms with E-state index in [4.69, 9.17) is 32.3 Å². The topological polar surface area (TPSA) is 231 Å². The van der Waals surface area contributed by atoms with Crippen LogP contribution in [0.3, 0.4) is 0 Å². The maximum absolute atomic E-state index is 13.0. The van der Waals surface area contributed by atoms with Crippen molar-refractivity contribution in [3.8, 4) is 0 Å². The van der Waals surface area contributed by atoms with Gasteiger partial charge in [0.15, 0.2) is 6.10 Å². The normalized spacial score (nSPS) is 14.3. The van der Waals surface area contributed by atoms with Crippen LogP contribution in [-0.4, -0.2) is 95.9 Å². The van der Waals surface area contributed by atoms with Crippen molar-refractivity contribution in [1.29, 1.82) is 0 Å². The van der Waals surface area contributed by atoms with Crippen LogP contribution in [-0.2, 0) is 55.8 Å². The molecule has 16 nitrogen and oxygen atoms in total. The summed E-state index contributed by atoms with van der Waals surface area (Å²) in [5, 5.41) is 20.7. The van der Waals surface area contributed by atoms with Crippen molar-refractivity contribution in [3.63, 3.8) is 0 Å². The summed E-state index contributed by atoms with van der Waals surface area (Å²) < 4.78 is 61.3. The maximum atomic E-state index is 13.0. The Morgan fingerprint density at radius 2 is 0.477 bits per heavy atom. The number of carbonyl (C=O) groups is 3. The van der Waals surface area contributed by atoms with E-state index in [9.17, 15) is 43.5 Å². The minimum atomic E-state index is -4.93. The number of unbranched alkanes of at least 4 members (excludes halogenated alkanes) is 45. The van der Waals surface area contributed by atoms with E-state index in [0.29, 0.717) is 19.3 Å². The Morgan fingerprint density at radius 1 is 0.261 bits per heavy atom. The minimum Gasteiger partial charge on any atom is -0.463 e. The fourth-order valence-corrected chi connectivity index (χ4v) is 14.2. The van der Waals surface area contributed by atoms with Crippen molar-refractivity contribution < 1.29 is 75.8 Å². The number of phosphoric ester groups is 2. The average molecular weight is 1600 g/mol. The molecule has 5 unspecified atom stereocenters. The highest BCUT2D eigenvalue weighted by atomic mass is 31.2. The zero-order valence-electron chi connectivity index (χ0n) is 70.9. The van der Waals surface area contributed by atoms with Crippen LogP contribution >= 0.6 is 15.6 Å². The zero-order chi connectivity index (χ0) is 80.8. The highest BCUT2D eigenvalue weighted by Gasteiger charge is 2.29. The molecule has 0 rings (SSSR count). The first kappa shape index (κ1) is 107. The van der Waals surface area contributed by atoms with Crippen LogP contribution in [0, 0.1) is 0 Å². The first-order valence-electron chi connectivity index (χ1n) is 45.2. The fourth-order valence-electron chi connectivity index (χ4n) is 12.6.